The van der Waals surface area contributed by atoms with Crippen molar-refractivity contribution in [3.63, 3.8) is 0 Å². The first-order valence-electron chi connectivity index (χ1n) is 15.4. The molecule has 7 nitrogen and oxygen atoms in total. The second-order valence-electron chi connectivity index (χ2n) is 15.1. The highest BCUT2D eigenvalue weighted by molar-refractivity contribution is 5.74. The van der Waals surface area contributed by atoms with E-state index >= 15 is 0 Å². The SMILES string of the molecule is CC(=O)O[C@@H](C[C@@H]1C[C@@H](C)C(=O)O1)[C@H](C)[C@H]1CC[C@@H]2[C@@]3(C)CC[C@H](O)C(C)(C)[C@@H]3CC[C@@]2(C)[C@@]12COC(=O)C2. The molecule has 1 spiro atoms. The van der Waals surface area contributed by atoms with Crippen molar-refractivity contribution in [2.45, 2.75) is 125 Å². The highest BCUT2D eigenvalue weighted by atomic mass is 16.6. The van der Waals surface area contributed by atoms with E-state index in [1.165, 1.54) is 6.92 Å². The summed E-state index contributed by atoms with van der Waals surface area (Å²) in [6.45, 7) is 15.3. The second-order valence-corrected chi connectivity index (χ2v) is 15.1. The molecule has 5 rings (SSSR count). The third-order valence-electron chi connectivity index (χ3n) is 12.9. The van der Waals surface area contributed by atoms with Gasteiger partial charge in [0.1, 0.15) is 12.2 Å². The molecule has 220 valence electrons. The van der Waals surface area contributed by atoms with Crippen molar-refractivity contribution in [1.82, 2.24) is 0 Å². The van der Waals surface area contributed by atoms with E-state index in [2.05, 4.69) is 34.6 Å². The van der Waals surface area contributed by atoms with Crippen LogP contribution in [-0.4, -0.2) is 47.9 Å². The number of rotatable bonds is 5. The van der Waals surface area contributed by atoms with Crippen molar-refractivity contribution in [2.75, 3.05) is 6.61 Å². The maximum Gasteiger partial charge on any atom is 0.309 e. The summed E-state index contributed by atoms with van der Waals surface area (Å²) >= 11 is 0. The molecule has 2 saturated heterocycles. The molecule has 11 atom stereocenters. The van der Waals surface area contributed by atoms with Crippen molar-refractivity contribution in [2.24, 2.45) is 51.2 Å². The van der Waals surface area contributed by atoms with E-state index in [4.69, 9.17) is 14.2 Å². The highest BCUT2D eigenvalue weighted by Crippen LogP contribution is 2.74. The predicted molar refractivity (Wildman–Crippen MR) is 145 cm³/mol. The molecule has 3 aliphatic carbocycles. The topological polar surface area (TPSA) is 99.1 Å². The van der Waals surface area contributed by atoms with Crippen LogP contribution in [0, 0.1) is 51.2 Å². The van der Waals surface area contributed by atoms with Crippen molar-refractivity contribution in [3.05, 3.63) is 0 Å². The van der Waals surface area contributed by atoms with Crippen LogP contribution < -0.4 is 0 Å². The lowest BCUT2D eigenvalue weighted by molar-refractivity contribution is -0.236. The molecule has 0 aromatic carbocycles. The number of aliphatic hydroxyl groups excluding tert-OH is 1. The molecular formula is C32H50O7. The molecule has 0 bridgehead atoms. The normalized spacial score (nSPS) is 46.6. The van der Waals surface area contributed by atoms with Gasteiger partial charge >= 0.3 is 17.9 Å². The predicted octanol–water partition coefficient (Wildman–Crippen LogP) is 5.46. The third-order valence-corrected chi connectivity index (χ3v) is 12.9. The van der Waals surface area contributed by atoms with Crippen LogP contribution in [0.5, 0.6) is 0 Å². The van der Waals surface area contributed by atoms with Crippen LogP contribution in [0.25, 0.3) is 0 Å². The number of carbonyl (C=O) groups excluding carboxylic acids is 3. The molecule has 0 radical (unpaired) electrons. The van der Waals surface area contributed by atoms with Gasteiger partial charge in [0.25, 0.3) is 0 Å². The van der Waals surface area contributed by atoms with Crippen LogP contribution in [-0.2, 0) is 28.6 Å². The van der Waals surface area contributed by atoms with Crippen molar-refractivity contribution < 1.29 is 33.7 Å². The van der Waals surface area contributed by atoms with Crippen molar-refractivity contribution in [3.8, 4) is 0 Å². The molecule has 2 aliphatic heterocycles. The van der Waals surface area contributed by atoms with Crippen molar-refractivity contribution in [1.29, 1.82) is 0 Å². The van der Waals surface area contributed by atoms with Gasteiger partial charge in [-0.25, -0.2) is 0 Å². The fourth-order valence-corrected chi connectivity index (χ4v) is 10.8. The third kappa shape index (κ3) is 4.35. The number of hydrogen-bond acceptors (Lipinski definition) is 7. The van der Waals surface area contributed by atoms with E-state index in [0.29, 0.717) is 37.7 Å². The summed E-state index contributed by atoms with van der Waals surface area (Å²) in [5, 5.41) is 11.0. The Balaban J connectivity index is 1.48. The standard InChI is InChI=1S/C32H50O7/c1-18-14-21(39-28(18)36)15-23(38-20(3)33)19(2)22-8-9-25-30(6)12-11-26(34)29(4,5)24(30)10-13-31(25,7)32(22)16-27(35)37-17-32/h18-19,21-26,34H,8-17H2,1-7H3/t18-,19-,21+,22-,23+,24+,25-,26+,30+,31-,32+/m1/s1. The average Bonchev–Trinajstić information content (AvgIpc) is 3.39. The maximum absolute atomic E-state index is 12.9. The summed E-state index contributed by atoms with van der Waals surface area (Å²) in [5.74, 6) is 0.229. The number of esters is 3. The second kappa shape index (κ2) is 9.73. The smallest absolute Gasteiger partial charge is 0.309 e. The van der Waals surface area contributed by atoms with Gasteiger partial charge in [0.15, 0.2) is 0 Å². The first-order valence-corrected chi connectivity index (χ1v) is 15.4. The maximum atomic E-state index is 12.9. The Bertz CT molecular complexity index is 1010. The molecule has 0 unspecified atom stereocenters. The van der Waals surface area contributed by atoms with Crippen molar-refractivity contribution >= 4 is 17.9 Å². The lowest BCUT2D eigenvalue weighted by atomic mass is 9.34. The van der Waals surface area contributed by atoms with Gasteiger partial charge in [0.05, 0.1) is 25.0 Å². The quantitative estimate of drug-likeness (QED) is 0.361. The van der Waals surface area contributed by atoms with Gasteiger partial charge in [0.2, 0.25) is 0 Å². The van der Waals surface area contributed by atoms with Gasteiger partial charge in [-0.3, -0.25) is 14.4 Å². The number of aliphatic hydroxyl groups is 1. The van der Waals surface area contributed by atoms with Crippen LogP contribution in [0.1, 0.15) is 106 Å². The van der Waals surface area contributed by atoms with E-state index in [9.17, 15) is 19.5 Å². The minimum Gasteiger partial charge on any atom is -0.465 e. The summed E-state index contributed by atoms with van der Waals surface area (Å²) in [6, 6.07) is 0. The Hall–Kier alpha value is -1.63. The molecule has 5 fully saturated rings. The Kier molecular flexibility index (Phi) is 7.21. The van der Waals surface area contributed by atoms with E-state index in [0.717, 1.165) is 38.5 Å². The zero-order valence-electron chi connectivity index (χ0n) is 25.1. The number of hydrogen-bond donors (Lipinski definition) is 1. The van der Waals surface area contributed by atoms with Crippen LogP contribution >= 0.6 is 0 Å². The lowest BCUT2D eigenvalue weighted by Crippen LogP contribution is -2.66. The Morgan fingerprint density at radius 2 is 1.79 bits per heavy atom. The van der Waals surface area contributed by atoms with E-state index < -0.39 is 0 Å². The number of ether oxygens (including phenoxy) is 3. The van der Waals surface area contributed by atoms with E-state index in [1.54, 1.807) is 0 Å². The molecule has 39 heavy (non-hydrogen) atoms. The molecule has 2 heterocycles. The number of fused-ring (bicyclic) bond motifs is 4. The monoisotopic (exact) mass is 546 g/mol. The highest BCUT2D eigenvalue weighted by Gasteiger charge is 2.70. The first kappa shape index (κ1) is 28.9. The van der Waals surface area contributed by atoms with Gasteiger partial charge in [-0.15, -0.1) is 0 Å². The van der Waals surface area contributed by atoms with E-state index in [-0.39, 0.29) is 75.6 Å². The fourth-order valence-electron chi connectivity index (χ4n) is 10.8. The minimum atomic E-state index is -0.390. The summed E-state index contributed by atoms with van der Waals surface area (Å²) in [5.41, 5.74) is -0.482. The van der Waals surface area contributed by atoms with Gasteiger partial charge in [-0.2, -0.15) is 0 Å². The number of carbonyl (C=O) groups is 3. The molecule has 0 amide bonds. The largest absolute Gasteiger partial charge is 0.465 e. The first-order chi connectivity index (χ1) is 18.2. The van der Waals surface area contributed by atoms with Gasteiger partial charge < -0.3 is 19.3 Å². The summed E-state index contributed by atoms with van der Waals surface area (Å²) in [4.78, 5) is 37.3. The molecule has 0 aromatic rings. The summed E-state index contributed by atoms with van der Waals surface area (Å²) < 4.78 is 17.4. The Morgan fingerprint density at radius 3 is 2.38 bits per heavy atom. The fraction of sp³-hybridized carbons (Fsp3) is 0.906. The van der Waals surface area contributed by atoms with Crippen LogP contribution in [0.4, 0.5) is 0 Å². The lowest BCUT2D eigenvalue weighted by Gasteiger charge is -2.70. The molecule has 3 saturated carbocycles. The van der Waals surface area contributed by atoms with Crippen LogP contribution in [0.15, 0.2) is 0 Å². The average molecular weight is 547 g/mol. The zero-order chi connectivity index (χ0) is 28.5. The van der Waals surface area contributed by atoms with Gasteiger partial charge in [-0.05, 0) is 84.9 Å². The van der Waals surface area contributed by atoms with Crippen LogP contribution in [0.3, 0.4) is 0 Å². The minimum absolute atomic E-state index is 0.00840. The zero-order valence-corrected chi connectivity index (χ0v) is 25.1. The van der Waals surface area contributed by atoms with Crippen LogP contribution in [0.2, 0.25) is 0 Å². The van der Waals surface area contributed by atoms with Gasteiger partial charge in [0, 0.05) is 18.8 Å². The summed E-state index contributed by atoms with van der Waals surface area (Å²) in [7, 11) is 0. The molecule has 1 N–H and O–H groups in total. The van der Waals surface area contributed by atoms with E-state index in [1.807, 2.05) is 6.92 Å². The molecule has 5 aliphatic rings. The summed E-state index contributed by atoms with van der Waals surface area (Å²) in [6.07, 6.45) is 6.49. The number of cyclic esters (lactones) is 2. The van der Waals surface area contributed by atoms with Gasteiger partial charge in [-0.1, -0.05) is 41.5 Å². The Labute approximate surface area is 234 Å². The molecular weight excluding hydrogens is 496 g/mol. The Morgan fingerprint density at radius 1 is 1.08 bits per heavy atom. The molecule has 0 aromatic heterocycles. The molecule has 7 heteroatoms.